The summed E-state index contributed by atoms with van der Waals surface area (Å²) in [5, 5.41) is 2.56. The zero-order valence-electron chi connectivity index (χ0n) is 12.3. The first-order valence-corrected chi connectivity index (χ1v) is 6.64. The third kappa shape index (κ3) is 3.13. The fraction of sp³-hybridized carbons (Fsp3) is 0.250. The van der Waals surface area contributed by atoms with Crippen LogP contribution in [0.3, 0.4) is 0 Å². The smallest absolute Gasteiger partial charge is 0.325 e. The van der Waals surface area contributed by atoms with Crippen LogP contribution in [-0.4, -0.2) is 30.1 Å². The minimum absolute atomic E-state index is 0.135. The van der Waals surface area contributed by atoms with Crippen LogP contribution in [-0.2, 0) is 9.53 Å². The standard InChI is InChI=1S/C16H18N2O3/c1-11-9-14(16(20)17-10-15(19)21-3)12(2)18(11)13-7-5-4-6-8-13/h4-9H,10H2,1-3H3,(H,17,20). The predicted octanol–water partition coefficient (Wildman–Crippen LogP) is 2.00. The van der Waals surface area contributed by atoms with Gasteiger partial charge in [-0.05, 0) is 32.0 Å². The number of rotatable bonds is 4. The number of carbonyl (C=O) groups excluding carboxylic acids is 2. The molecule has 0 aliphatic heterocycles. The SMILES string of the molecule is COC(=O)CNC(=O)c1cc(C)n(-c2ccccc2)c1C. The van der Waals surface area contributed by atoms with Crippen molar-refractivity contribution in [1.29, 1.82) is 0 Å². The summed E-state index contributed by atoms with van der Waals surface area (Å²) in [5.74, 6) is -0.754. The van der Waals surface area contributed by atoms with Crippen LogP contribution < -0.4 is 5.32 Å². The van der Waals surface area contributed by atoms with Gasteiger partial charge in [0, 0.05) is 17.1 Å². The molecule has 0 radical (unpaired) electrons. The first-order chi connectivity index (χ1) is 10.0. The maximum Gasteiger partial charge on any atom is 0.325 e. The van der Waals surface area contributed by atoms with E-state index in [1.54, 1.807) is 0 Å². The lowest BCUT2D eigenvalue weighted by Crippen LogP contribution is -2.30. The number of methoxy groups -OCH3 is 1. The number of amides is 1. The molecule has 1 aromatic carbocycles. The maximum atomic E-state index is 12.2. The van der Waals surface area contributed by atoms with Gasteiger partial charge in [0.25, 0.3) is 5.91 Å². The molecule has 0 atom stereocenters. The van der Waals surface area contributed by atoms with Crippen molar-refractivity contribution in [2.75, 3.05) is 13.7 Å². The molecule has 5 nitrogen and oxygen atoms in total. The van der Waals surface area contributed by atoms with Crippen molar-refractivity contribution < 1.29 is 14.3 Å². The molecule has 0 fully saturated rings. The number of nitrogens with one attached hydrogen (secondary N) is 1. The highest BCUT2D eigenvalue weighted by Gasteiger charge is 2.17. The van der Waals surface area contributed by atoms with Gasteiger partial charge in [0.05, 0.1) is 12.7 Å². The molecule has 21 heavy (non-hydrogen) atoms. The molecular formula is C16H18N2O3. The Morgan fingerprint density at radius 3 is 2.48 bits per heavy atom. The fourth-order valence-corrected chi connectivity index (χ4v) is 2.29. The Kier molecular flexibility index (Phi) is 4.42. The van der Waals surface area contributed by atoms with Crippen molar-refractivity contribution >= 4 is 11.9 Å². The molecule has 0 aliphatic rings. The zero-order chi connectivity index (χ0) is 15.4. The molecule has 5 heteroatoms. The lowest BCUT2D eigenvalue weighted by atomic mass is 10.2. The van der Waals surface area contributed by atoms with Crippen molar-refractivity contribution in [3.05, 3.63) is 53.3 Å². The van der Waals surface area contributed by atoms with Gasteiger partial charge >= 0.3 is 5.97 Å². The lowest BCUT2D eigenvalue weighted by molar-refractivity contribution is -0.139. The molecule has 1 amide bonds. The molecule has 0 spiro atoms. The Morgan fingerprint density at radius 2 is 1.86 bits per heavy atom. The highest BCUT2D eigenvalue weighted by atomic mass is 16.5. The maximum absolute atomic E-state index is 12.2. The summed E-state index contributed by atoms with van der Waals surface area (Å²) in [5.41, 5.74) is 3.35. The summed E-state index contributed by atoms with van der Waals surface area (Å²) < 4.78 is 6.51. The Bertz CT molecular complexity index is 660. The molecule has 2 aromatic rings. The molecule has 110 valence electrons. The summed E-state index contributed by atoms with van der Waals surface area (Å²) in [6.45, 7) is 3.69. The van der Waals surface area contributed by atoms with Gasteiger partial charge in [0.15, 0.2) is 0 Å². The normalized spacial score (nSPS) is 10.2. The number of aryl methyl sites for hydroxylation is 1. The predicted molar refractivity (Wildman–Crippen MR) is 79.6 cm³/mol. The van der Waals surface area contributed by atoms with Gasteiger partial charge in [-0.25, -0.2) is 0 Å². The Hall–Kier alpha value is -2.56. The van der Waals surface area contributed by atoms with E-state index >= 15 is 0 Å². The summed E-state index contributed by atoms with van der Waals surface area (Å²) in [7, 11) is 1.29. The quantitative estimate of drug-likeness (QED) is 0.874. The van der Waals surface area contributed by atoms with E-state index in [-0.39, 0.29) is 12.5 Å². The van der Waals surface area contributed by atoms with Gasteiger partial charge in [-0.15, -0.1) is 0 Å². The summed E-state index contributed by atoms with van der Waals surface area (Å²) >= 11 is 0. The molecular weight excluding hydrogens is 268 g/mol. The summed E-state index contributed by atoms with van der Waals surface area (Å²) in [6, 6.07) is 11.6. The van der Waals surface area contributed by atoms with E-state index in [1.807, 2.05) is 54.8 Å². The molecule has 0 unspecified atom stereocenters. The van der Waals surface area contributed by atoms with Crippen molar-refractivity contribution in [3.8, 4) is 5.69 Å². The van der Waals surface area contributed by atoms with Crippen LogP contribution in [0.15, 0.2) is 36.4 Å². The van der Waals surface area contributed by atoms with Gasteiger partial charge in [-0.2, -0.15) is 0 Å². The topological polar surface area (TPSA) is 60.3 Å². The molecule has 0 aliphatic carbocycles. The molecule has 1 heterocycles. The highest BCUT2D eigenvalue weighted by Crippen LogP contribution is 2.20. The van der Waals surface area contributed by atoms with E-state index in [4.69, 9.17) is 0 Å². The molecule has 2 rings (SSSR count). The van der Waals surface area contributed by atoms with Gasteiger partial charge in [-0.3, -0.25) is 9.59 Å². The largest absolute Gasteiger partial charge is 0.468 e. The van der Waals surface area contributed by atoms with Crippen LogP contribution in [0.4, 0.5) is 0 Å². The van der Waals surface area contributed by atoms with Gasteiger partial charge in [0.2, 0.25) is 0 Å². The Morgan fingerprint density at radius 1 is 1.19 bits per heavy atom. The first-order valence-electron chi connectivity index (χ1n) is 6.64. The number of carbonyl (C=O) groups is 2. The number of esters is 1. The van der Waals surface area contributed by atoms with E-state index < -0.39 is 5.97 Å². The molecule has 0 bridgehead atoms. The molecule has 0 saturated heterocycles. The van der Waals surface area contributed by atoms with Crippen LogP contribution in [0.5, 0.6) is 0 Å². The van der Waals surface area contributed by atoms with Crippen LogP contribution in [0, 0.1) is 13.8 Å². The molecule has 1 N–H and O–H groups in total. The lowest BCUT2D eigenvalue weighted by Gasteiger charge is -2.09. The third-order valence-electron chi connectivity index (χ3n) is 3.31. The minimum atomic E-state index is -0.472. The van der Waals surface area contributed by atoms with E-state index in [1.165, 1.54) is 7.11 Å². The zero-order valence-corrected chi connectivity index (χ0v) is 12.3. The Balaban J connectivity index is 2.27. The van der Waals surface area contributed by atoms with Crippen LogP contribution in [0.25, 0.3) is 5.69 Å². The van der Waals surface area contributed by atoms with E-state index in [2.05, 4.69) is 10.1 Å². The van der Waals surface area contributed by atoms with Crippen LogP contribution in [0.1, 0.15) is 21.7 Å². The number of hydrogen-bond donors (Lipinski definition) is 1. The van der Waals surface area contributed by atoms with Gasteiger partial charge < -0.3 is 14.6 Å². The summed E-state index contributed by atoms with van der Waals surface area (Å²) in [6.07, 6.45) is 0. The van der Waals surface area contributed by atoms with Crippen LogP contribution >= 0.6 is 0 Å². The number of hydrogen-bond acceptors (Lipinski definition) is 3. The second-order valence-electron chi connectivity index (χ2n) is 4.71. The van der Waals surface area contributed by atoms with Crippen molar-refractivity contribution in [2.45, 2.75) is 13.8 Å². The number of ether oxygens (including phenoxy) is 1. The highest BCUT2D eigenvalue weighted by molar-refractivity contribution is 5.97. The van der Waals surface area contributed by atoms with Gasteiger partial charge in [-0.1, -0.05) is 18.2 Å². The molecule has 0 saturated carbocycles. The summed E-state index contributed by atoms with van der Waals surface area (Å²) in [4.78, 5) is 23.2. The second kappa shape index (κ2) is 6.26. The molecule has 1 aromatic heterocycles. The third-order valence-corrected chi connectivity index (χ3v) is 3.31. The number of benzene rings is 1. The van der Waals surface area contributed by atoms with Gasteiger partial charge in [0.1, 0.15) is 6.54 Å². The number of aromatic nitrogens is 1. The van der Waals surface area contributed by atoms with E-state index in [9.17, 15) is 9.59 Å². The van der Waals surface area contributed by atoms with E-state index in [0.717, 1.165) is 17.1 Å². The minimum Gasteiger partial charge on any atom is -0.468 e. The van der Waals surface area contributed by atoms with E-state index in [0.29, 0.717) is 5.56 Å². The van der Waals surface area contributed by atoms with Crippen molar-refractivity contribution in [2.24, 2.45) is 0 Å². The second-order valence-corrected chi connectivity index (χ2v) is 4.71. The van der Waals surface area contributed by atoms with Crippen LogP contribution in [0.2, 0.25) is 0 Å². The fourth-order valence-electron chi connectivity index (χ4n) is 2.29. The first kappa shape index (κ1) is 14.8. The number of para-hydroxylation sites is 1. The van der Waals surface area contributed by atoms with Crippen molar-refractivity contribution in [1.82, 2.24) is 9.88 Å². The average molecular weight is 286 g/mol. The average Bonchev–Trinajstić information content (AvgIpc) is 2.80. The number of nitrogens with zero attached hydrogens (tertiary/aromatic N) is 1. The monoisotopic (exact) mass is 286 g/mol. The van der Waals surface area contributed by atoms with Crippen molar-refractivity contribution in [3.63, 3.8) is 0 Å². The Labute approximate surface area is 123 Å².